The highest BCUT2D eigenvalue weighted by atomic mass is 32.2. The summed E-state index contributed by atoms with van der Waals surface area (Å²) in [6.07, 6.45) is 4.46. The Morgan fingerprint density at radius 1 is 1.32 bits per heavy atom. The highest BCUT2D eigenvalue weighted by Crippen LogP contribution is 2.37. The molecule has 1 aromatic carbocycles. The van der Waals surface area contributed by atoms with Crippen molar-refractivity contribution in [3.63, 3.8) is 0 Å². The SMILES string of the molecule is COc1cc(C(=O)O)cc(NS(=O)(=O)C2=CCCCC2)c1O. The van der Waals surface area contributed by atoms with Gasteiger partial charge in [-0.3, -0.25) is 4.72 Å². The quantitative estimate of drug-likeness (QED) is 0.715. The fraction of sp³-hybridized carbons (Fsp3) is 0.357. The molecule has 0 saturated heterocycles. The molecule has 0 unspecified atom stereocenters. The van der Waals surface area contributed by atoms with Crippen LogP contribution in [0.15, 0.2) is 23.1 Å². The van der Waals surface area contributed by atoms with Crippen LogP contribution < -0.4 is 9.46 Å². The molecule has 0 saturated carbocycles. The van der Waals surface area contributed by atoms with Crippen molar-refractivity contribution >= 4 is 21.7 Å². The number of carbonyl (C=O) groups is 1. The zero-order valence-electron chi connectivity index (χ0n) is 12.0. The van der Waals surface area contributed by atoms with E-state index in [0.717, 1.165) is 25.0 Å². The van der Waals surface area contributed by atoms with Crippen LogP contribution in [0.2, 0.25) is 0 Å². The molecular weight excluding hydrogens is 310 g/mol. The van der Waals surface area contributed by atoms with Crippen molar-refractivity contribution in [2.24, 2.45) is 0 Å². The third-order valence-corrected chi connectivity index (χ3v) is 4.93. The maximum atomic E-state index is 12.3. The average molecular weight is 327 g/mol. The molecule has 0 radical (unpaired) electrons. The van der Waals surface area contributed by atoms with Crippen molar-refractivity contribution < 1.29 is 28.2 Å². The first kappa shape index (κ1) is 16.2. The van der Waals surface area contributed by atoms with Gasteiger partial charge in [0, 0.05) is 0 Å². The predicted octanol–water partition coefficient (Wildman–Crippen LogP) is 2.30. The van der Waals surface area contributed by atoms with E-state index in [9.17, 15) is 18.3 Å². The van der Waals surface area contributed by atoms with Crippen LogP contribution in [0.3, 0.4) is 0 Å². The predicted molar refractivity (Wildman–Crippen MR) is 80.7 cm³/mol. The molecule has 7 nitrogen and oxygen atoms in total. The highest BCUT2D eigenvalue weighted by Gasteiger charge is 2.23. The van der Waals surface area contributed by atoms with E-state index in [2.05, 4.69) is 4.72 Å². The summed E-state index contributed by atoms with van der Waals surface area (Å²) in [5.41, 5.74) is -0.409. The van der Waals surface area contributed by atoms with E-state index in [-0.39, 0.29) is 21.9 Å². The number of ether oxygens (including phenoxy) is 1. The Morgan fingerprint density at radius 3 is 2.59 bits per heavy atom. The Bertz CT molecular complexity index is 723. The number of aromatic carboxylic acids is 1. The lowest BCUT2D eigenvalue weighted by Gasteiger charge is -2.16. The van der Waals surface area contributed by atoms with E-state index < -0.39 is 21.7 Å². The molecule has 0 atom stereocenters. The van der Waals surface area contributed by atoms with Crippen molar-refractivity contribution in [1.82, 2.24) is 0 Å². The second-order valence-corrected chi connectivity index (χ2v) is 6.64. The molecule has 0 aliphatic heterocycles. The Balaban J connectivity index is 2.42. The van der Waals surface area contributed by atoms with Gasteiger partial charge in [-0.25, -0.2) is 13.2 Å². The number of methoxy groups -OCH3 is 1. The topological polar surface area (TPSA) is 113 Å². The summed E-state index contributed by atoms with van der Waals surface area (Å²) in [5, 5.41) is 19.0. The van der Waals surface area contributed by atoms with Crippen LogP contribution in [-0.2, 0) is 10.0 Å². The summed E-state index contributed by atoms with van der Waals surface area (Å²) in [6, 6.07) is 2.18. The molecule has 22 heavy (non-hydrogen) atoms. The maximum Gasteiger partial charge on any atom is 0.335 e. The third kappa shape index (κ3) is 3.33. The number of hydrogen-bond donors (Lipinski definition) is 3. The number of sulfonamides is 1. The Kier molecular flexibility index (Phi) is 4.60. The summed E-state index contributed by atoms with van der Waals surface area (Å²) in [7, 11) is -2.57. The van der Waals surface area contributed by atoms with E-state index in [1.807, 2.05) is 0 Å². The molecular formula is C14H17NO6S. The van der Waals surface area contributed by atoms with E-state index in [1.54, 1.807) is 6.08 Å². The molecule has 1 aliphatic carbocycles. The molecule has 0 spiro atoms. The van der Waals surface area contributed by atoms with E-state index in [1.165, 1.54) is 7.11 Å². The van der Waals surface area contributed by atoms with Gasteiger partial charge in [0.15, 0.2) is 11.5 Å². The van der Waals surface area contributed by atoms with Crippen molar-refractivity contribution in [2.75, 3.05) is 11.8 Å². The third-order valence-electron chi connectivity index (χ3n) is 3.38. The number of benzene rings is 1. The first-order valence-electron chi connectivity index (χ1n) is 6.71. The fourth-order valence-electron chi connectivity index (χ4n) is 2.23. The van der Waals surface area contributed by atoms with Crippen LogP contribution in [0.5, 0.6) is 11.5 Å². The molecule has 8 heteroatoms. The van der Waals surface area contributed by atoms with Gasteiger partial charge in [0.2, 0.25) is 0 Å². The first-order valence-corrected chi connectivity index (χ1v) is 8.19. The highest BCUT2D eigenvalue weighted by molar-refractivity contribution is 7.96. The van der Waals surface area contributed by atoms with Gasteiger partial charge in [-0.15, -0.1) is 0 Å². The van der Waals surface area contributed by atoms with Crippen LogP contribution in [0, 0.1) is 0 Å². The smallest absolute Gasteiger partial charge is 0.335 e. The standard InChI is InChI=1S/C14H17NO6S/c1-21-12-8-9(14(17)18)7-11(13(12)16)15-22(19,20)10-5-3-2-4-6-10/h5,7-8,15-16H,2-4,6H2,1H3,(H,17,18). The molecule has 0 bridgehead atoms. The second kappa shape index (κ2) is 6.27. The fourth-order valence-corrected chi connectivity index (χ4v) is 3.55. The largest absolute Gasteiger partial charge is 0.503 e. The van der Waals surface area contributed by atoms with Gasteiger partial charge >= 0.3 is 5.97 Å². The van der Waals surface area contributed by atoms with Crippen LogP contribution in [0.1, 0.15) is 36.0 Å². The molecule has 2 rings (SSSR count). The molecule has 0 amide bonds. The van der Waals surface area contributed by atoms with Gasteiger partial charge in [-0.05, 0) is 37.8 Å². The van der Waals surface area contributed by atoms with Crippen LogP contribution in [0.4, 0.5) is 5.69 Å². The van der Waals surface area contributed by atoms with Gasteiger partial charge in [0.25, 0.3) is 10.0 Å². The van der Waals surface area contributed by atoms with Crippen LogP contribution in [0.25, 0.3) is 0 Å². The summed E-state index contributed by atoms with van der Waals surface area (Å²) >= 11 is 0. The Hall–Kier alpha value is -2.22. The number of phenolic OH excluding ortho intramolecular Hbond substituents is 1. The lowest BCUT2D eigenvalue weighted by Crippen LogP contribution is -2.17. The normalized spacial score (nSPS) is 15.0. The number of carboxylic acid groups (broad SMARTS) is 1. The van der Waals surface area contributed by atoms with E-state index >= 15 is 0 Å². The van der Waals surface area contributed by atoms with Crippen molar-refractivity contribution in [2.45, 2.75) is 25.7 Å². The molecule has 120 valence electrons. The second-order valence-electron chi connectivity index (χ2n) is 4.90. The first-order chi connectivity index (χ1) is 10.3. The summed E-state index contributed by atoms with van der Waals surface area (Å²) < 4.78 is 31.7. The lowest BCUT2D eigenvalue weighted by molar-refractivity contribution is 0.0696. The van der Waals surface area contributed by atoms with Gasteiger partial charge in [0.05, 0.1) is 23.3 Å². The van der Waals surface area contributed by atoms with Gasteiger partial charge in [0.1, 0.15) is 0 Å². The number of nitrogens with one attached hydrogen (secondary N) is 1. The molecule has 0 heterocycles. The summed E-state index contributed by atoms with van der Waals surface area (Å²) in [5.74, 6) is -1.82. The molecule has 3 N–H and O–H groups in total. The van der Waals surface area contributed by atoms with Crippen LogP contribution in [-0.4, -0.2) is 31.7 Å². The number of anilines is 1. The van der Waals surface area contributed by atoms with Crippen molar-refractivity contribution in [3.05, 3.63) is 28.7 Å². The van der Waals surface area contributed by atoms with Gasteiger partial charge in [-0.1, -0.05) is 6.08 Å². The monoisotopic (exact) mass is 327 g/mol. The van der Waals surface area contributed by atoms with Gasteiger partial charge < -0.3 is 14.9 Å². The van der Waals surface area contributed by atoms with Crippen molar-refractivity contribution in [1.29, 1.82) is 0 Å². The average Bonchev–Trinajstić information content (AvgIpc) is 2.49. The molecule has 0 fully saturated rings. The van der Waals surface area contributed by atoms with E-state index in [0.29, 0.717) is 12.8 Å². The molecule has 0 aromatic heterocycles. The maximum absolute atomic E-state index is 12.3. The number of aromatic hydroxyl groups is 1. The molecule has 1 aromatic rings. The zero-order valence-corrected chi connectivity index (χ0v) is 12.8. The zero-order chi connectivity index (χ0) is 16.3. The van der Waals surface area contributed by atoms with Crippen molar-refractivity contribution in [3.8, 4) is 11.5 Å². The lowest BCUT2D eigenvalue weighted by atomic mass is 10.1. The number of hydrogen-bond acceptors (Lipinski definition) is 5. The summed E-state index contributed by atoms with van der Waals surface area (Å²) in [4.78, 5) is 11.3. The van der Waals surface area contributed by atoms with Crippen LogP contribution >= 0.6 is 0 Å². The minimum absolute atomic E-state index is 0.116. The molecule has 1 aliphatic rings. The Labute approximate surface area is 128 Å². The number of allylic oxidation sites excluding steroid dienone is 2. The Morgan fingerprint density at radius 2 is 2.05 bits per heavy atom. The number of carboxylic acids is 1. The minimum atomic E-state index is -3.82. The van der Waals surface area contributed by atoms with E-state index in [4.69, 9.17) is 9.84 Å². The number of phenols is 1. The number of rotatable bonds is 5. The summed E-state index contributed by atoms with van der Waals surface area (Å²) in [6.45, 7) is 0. The van der Waals surface area contributed by atoms with Gasteiger partial charge in [-0.2, -0.15) is 0 Å². The minimum Gasteiger partial charge on any atom is -0.503 e.